The molecule has 0 bridgehead atoms. The molecule has 9 heteroatoms. The number of carbonyl (C=O) groups is 1. The Kier molecular flexibility index (Phi) is 4.49. The molecule has 2 fully saturated rings. The van der Waals surface area contributed by atoms with Gasteiger partial charge in [-0.2, -0.15) is 9.40 Å². The van der Waals surface area contributed by atoms with Crippen molar-refractivity contribution in [1.29, 1.82) is 0 Å². The molecule has 1 aromatic heterocycles. The molecule has 2 saturated heterocycles. The second kappa shape index (κ2) is 6.93. The Labute approximate surface area is 169 Å². The van der Waals surface area contributed by atoms with Gasteiger partial charge in [0.25, 0.3) is 5.91 Å². The number of benzene rings is 1. The number of carbonyl (C=O) groups excluding carboxylic acids is 1. The highest BCUT2D eigenvalue weighted by molar-refractivity contribution is 7.88. The molecule has 0 saturated carbocycles. The first kappa shape index (κ1) is 18.8. The lowest BCUT2D eigenvalue weighted by molar-refractivity contribution is 0.0754. The van der Waals surface area contributed by atoms with Crippen LogP contribution in [0.2, 0.25) is 0 Å². The topological polar surface area (TPSA) is 95.6 Å². The molecule has 1 aromatic carbocycles. The predicted molar refractivity (Wildman–Crippen MR) is 106 cm³/mol. The van der Waals surface area contributed by atoms with Crippen LogP contribution in [0.4, 0.5) is 0 Å². The normalized spacial score (nSPS) is 27.1. The molecular formula is C20H24N4O4S. The van der Waals surface area contributed by atoms with Crippen molar-refractivity contribution in [2.24, 2.45) is 11.8 Å². The van der Waals surface area contributed by atoms with E-state index in [0.29, 0.717) is 38.5 Å². The van der Waals surface area contributed by atoms with Gasteiger partial charge in [-0.3, -0.25) is 9.89 Å². The summed E-state index contributed by atoms with van der Waals surface area (Å²) in [4.78, 5) is 15.0. The van der Waals surface area contributed by atoms with Crippen LogP contribution in [0.5, 0.6) is 0 Å². The van der Waals surface area contributed by atoms with Gasteiger partial charge >= 0.3 is 0 Å². The molecule has 3 atom stereocenters. The fourth-order valence-corrected chi connectivity index (χ4v) is 6.17. The van der Waals surface area contributed by atoms with Gasteiger partial charge in [0.05, 0.1) is 25.5 Å². The lowest BCUT2D eigenvalue weighted by Gasteiger charge is -2.28. The van der Waals surface area contributed by atoms with Crippen molar-refractivity contribution >= 4 is 15.9 Å². The highest BCUT2D eigenvalue weighted by Gasteiger charge is 2.51. The van der Waals surface area contributed by atoms with Gasteiger partial charge in [0.15, 0.2) is 5.69 Å². The van der Waals surface area contributed by atoms with Crippen LogP contribution in [0.15, 0.2) is 30.3 Å². The second-order valence-corrected chi connectivity index (χ2v) is 10.1. The maximum Gasteiger partial charge on any atom is 0.274 e. The first-order valence-electron chi connectivity index (χ1n) is 9.88. The fraction of sp³-hybridized carbons (Fsp3) is 0.500. The van der Waals surface area contributed by atoms with Crippen LogP contribution in [0.3, 0.4) is 0 Å². The third kappa shape index (κ3) is 3.17. The van der Waals surface area contributed by atoms with Crippen LogP contribution < -0.4 is 0 Å². The number of rotatable bonds is 3. The van der Waals surface area contributed by atoms with E-state index in [-0.39, 0.29) is 23.8 Å². The number of hydrogen-bond acceptors (Lipinski definition) is 5. The molecule has 2 aromatic rings. The molecule has 1 N–H and O–H groups in total. The average Bonchev–Trinajstić information content (AvgIpc) is 3.40. The van der Waals surface area contributed by atoms with Gasteiger partial charge in [-0.05, 0) is 11.5 Å². The number of nitrogens with one attached hydrogen (secondary N) is 1. The third-order valence-electron chi connectivity index (χ3n) is 6.37. The predicted octanol–water partition coefficient (Wildman–Crippen LogP) is 1.19. The van der Waals surface area contributed by atoms with Crippen LogP contribution in [-0.4, -0.2) is 66.2 Å². The number of ether oxygens (including phenoxy) is 1. The van der Waals surface area contributed by atoms with Crippen molar-refractivity contribution in [1.82, 2.24) is 19.4 Å². The standard InChI is InChI=1S/C20H24N4O4S/c1-29(26,27)24-10-14-9-23(11-15(14)19(24)13-5-3-2-4-6-13)20(25)18-16-12-28-8-7-17(16)21-22-18/h2-6,14-15,19H,7-12H2,1H3,(H,21,22)/t14-,15-,19+/m1/s1. The SMILES string of the molecule is CS(=O)(=O)N1C[C@H]2CN(C(=O)c3n[nH]c4c3COCC4)C[C@H]2[C@@H]1c1ccccc1. The molecule has 0 radical (unpaired) electrons. The van der Waals surface area contributed by atoms with Crippen LogP contribution in [0.1, 0.15) is 33.4 Å². The van der Waals surface area contributed by atoms with Crippen LogP contribution >= 0.6 is 0 Å². The summed E-state index contributed by atoms with van der Waals surface area (Å²) >= 11 is 0. The lowest BCUT2D eigenvalue weighted by atomic mass is 9.90. The summed E-state index contributed by atoms with van der Waals surface area (Å²) in [5.41, 5.74) is 3.25. The number of fused-ring (bicyclic) bond motifs is 2. The van der Waals surface area contributed by atoms with Crippen LogP contribution in [0, 0.1) is 11.8 Å². The number of amides is 1. The lowest BCUT2D eigenvalue weighted by Crippen LogP contribution is -2.37. The highest BCUT2D eigenvalue weighted by atomic mass is 32.2. The van der Waals surface area contributed by atoms with Crippen molar-refractivity contribution < 1.29 is 17.9 Å². The molecule has 0 aliphatic carbocycles. The first-order valence-corrected chi connectivity index (χ1v) is 11.7. The highest BCUT2D eigenvalue weighted by Crippen LogP contribution is 2.46. The van der Waals surface area contributed by atoms with Gasteiger partial charge in [0, 0.05) is 43.2 Å². The number of aromatic nitrogens is 2. The smallest absolute Gasteiger partial charge is 0.274 e. The van der Waals surface area contributed by atoms with Gasteiger partial charge in [-0.25, -0.2) is 8.42 Å². The van der Waals surface area contributed by atoms with Crippen molar-refractivity contribution in [3.05, 3.63) is 52.8 Å². The number of likely N-dealkylation sites (tertiary alicyclic amines) is 1. The van der Waals surface area contributed by atoms with E-state index < -0.39 is 10.0 Å². The molecule has 1 amide bonds. The summed E-state index contributed by atoms with van der Waals surface area (Å²) in [5.74, 6) is 0.0899. The number of nitrogens with zero attached hydrogens (tertiary/aromatic N) is 3. The van der Waals surface area contributed by atoms with Crippen molar-refractivity contribution in [3.8, 4) is 0 Å². The van der Waals surface area contributed by atoms with Crippen molar-refractivity contribution in [2.45, 2.75) is 19.1 Å². The zero-order valence-electron chi connectivity index (χ0n) is 16.2. The number of aromatic amines is 1. The summed E-state index contributed by atoms with van der Waals surface area (Å²) in [6, 6.07) is 9.47. The van der Waals surface area contributed by atoms with E-state index in [1.54, 1.807) is 4.31 Å². The summed E-state index contributed by atoms with van der Waals surface area (Å²) in [5, 5.41) is 7.24. The largest absolute Gasteiger partial charge is 0.376 e. The summed E-state index contributed by atoms with van der Waals surface area (Å²) in [6.07, 6.45) is 2.00. The Morgan fingerprint density at radius 2 is 2.00 bits per heavy atom. The second-order valence-electron chi connectivity index (χ2n) is 8.15. The van der Waals surface area contributed by atoms with E-state index in [0.717, 1.165) is 23.2 Å². The molecule has 3 aliphatic rings. The Bertz CT molecular complexity index is 1040. The molecule has 8 nitrogen and oxygen atoms in total. The van der Waals surface area contributed by atoms with E-state index in [2.05, 4.69) is 10.2 Å². The van der Waals surface area contributed by atoms with Gasteiger partial charge < -0.3 is 9.64 Å². The molecule has 3 aliphatic heterocycles. The quantitative estimate of drug-likeness (QED) is 0.811. The van der Waals surface area contributed by atoms with E-state index in [9.17, 15) is 13.2 Å². The molecular weight excluding hydrogens is 392 g/mol. The Hall–Kier alpha value is -2.23. The van der Waals surface area contributed by atoms with Crippen molar-refractivity contribution in [2.75, 3.05) is 32.5 Å². The number of H-pyrrole nitrogens is 1. The molecule has 5 rings (SSSR count). The molecule has 29 heavy (non-hydrogen) atoms. The molecule has 4 heterocycles. The van der Waals surface area contributed by atoms with E-state index >= 15 is 0 Å². The summed E-state index contributed by atoms with van der Waals surface area (Å²) < 4.78 is 32.0. The van der Waals surface area contributed by atoms with Gasteiger partial charge in [-0.15, -0.1) is 0 Å². The molecule has 0 spiro atoms. The first-order chi connectivity index (χ1) is 13.9. The number of hydrogen-bond donors (Lipinski definition) is 1. The third-order valence-corrected chi connectivity index (χ3v) is 7.60. The summed E-state index contributed by atoms with van der Waals surface area (Å²) in [6.45, 7) is 2.55. The summed E-state index contributed by atoms with van der Waals surface area (Å²) in [7, 11) is -3.34. The van der Waals surface area contributed by atoms with Crippen LogP contribution in [0.25, 0.3) is 0 Å². The maximum absolute atomic E-state index is 13.2. The molecule has 154 valence electrons. The Balaban J connectivity index is 1.42. The fourth-order valence-electron chi connectivity index (χ4n) is 5.02. The van der Waals surface area contributed by atoms with E-state index in [1.807, 2.05) is 35.2 Å². The maximum atomic E-state index is 13.2. The zero-order valence-corrected chi connectivity index (χ0v) is 17.1. The minimum atomic E-state index is -3.34. The average molecular weight is 417 g/mol. The van der Waals surface area contributed by atoms with Gasteiger partial charge in [0.1, 0.15) is 0 Å². The minimum Gasteiger partial charge on any atom is -0.376 e. The van der Waals surface area contributed by atoms with E-state index in [4.69, 9.17) is 4.74 Å². The van der Waals surface area contributed by atoms with Gasteiger partial charge in [0.2, 0.25) is 10.0 Å². The van der Waals surface area contributed by atoms with Crippen LogP contribution in [-0.2, 0) is 27.8 Å². The monoisotopic (exact) mass is 416 g/mol. The van der Waals surface area contributed by atoms with Gasteiger partial charge in [-0.1, -0.05) is 30.3 Å². The minimum absolute atomic E-state index is 0.0714. The number of sulfonamides is 1. The Morgan fingerprint density at radius 1 is 1.21 bits per heavy atom. The molecule has 0 unspecified atom stereocenters. The zero-order chi connectivity index (χ0) is 20.2. The Morgan fingerprint density at radius 3 is 2.76 bits per heavy atom. The van der Waals surface area contributed by atoms with Crippen molar-refractivity contribution in [3.63, 3.8) is 0 Å². The van der Waals surface area contributed by atoms with E-state index in [1.165, 1.54) is 6.26 Å².